The predicted octanol–water partition coefficient (Wildman–Crippen LogP) is 1.34. The van der Waals surface area contributed by atoms with E-state index < -0.39 is 5.97 Å². The lowest BCUT2D eigenvalue weighted by Gasteiger charge is -2.28. The number of hydrogen-bond donors (Lipinski definition) is 3. The van der Waals surface area contributed by atoms with E-state index >= 15 is 0 Å². The highest BCUT2D eigenvalue weighted by Crippen LogP contribution is 2.24. The number of aromatic carboxylic acids is 1. The Morgan fingerprint density at radius 1 is 1.07 bits per heavy atom. The summed E-state index contributed by atoms with van der Waals surface area (Å²) in [6.45, 7) is 1.23. The van der Waals surface area contributed by atoms with E-state index in [1.165, 1.54) is 12.1 Å². The van der Waals surface area contributed by atoms with Crippen LogP contribution in [0.25, 0.3) is 0 Å². The first-order valence-electron chi connectivity index (χ1n) is 9.45. The van der Waals surface area contributed by atoms with E-state index in [4.69, 9.17) is 14.6 Å². The fourth-order valence-electron chi connectivity index (χ4n) is 3.18. The van der Waals surface area contributed by atoms with Gasteiger partial charge in [0.05, 0.1) is 18.8 Å². The van der Waals surface area contributed by atoms with Gasteiger partial charge in [0.25, 0.3) is 0 Å². The number of ether oxygens (including phenoxy) is 2. The number of carbonyl (C=O) groups is 3. The molecule has 154 valence electrons. The van der Waals surface area contributed by atoms with Crippen LogP contribution < -0.4 is 10.6 Å². The molecule has 2 rings (SSSR count). The highest BCUT2D eigenvalue weighted by Gasteiger charge is 2.26. The van der Waals surface area contributed by atoms with E-state index in [1.807, 2.05) is 0 Å². The largest absolute Gasteiger partial charge is 0.478 e. The third kappa shape index (κ3) is 7.28. The molecule has 8 nitrogen and oxygen atoms in total. The molecule has 28 heavy (non-hydrogen) atoms. The van der Waals surface area contributed by atoms with E-state index in [-0.39, 0.29) is 35.9 Å². The lowest BCUT2D eigenvalue weighted by atomic mass is 9.85. The molecule has 1 saturated carbocycles. The Bertz CT molecular complexity index is 653. The van der Waals surface area contributed by atoms with Crippen molar-refractivity contribution in [3.8, 4) is 0 Å². The van der Waals surface area contributed by atoms with Crippen molar-refractivity contribution in [3.63, 3.8) is 0 Å². The Balaban J connectivity index is 1.66. The minimum Gasteiger partial charge on any atom is -0.478 e. The maximum Gasteiger partial charge on any atom is 0.335 e. The number of amides is 2. The minimum absolute atomic E-state index is 0.00464. The van der Waals surface area contributed by atoms with E-state index in [0.717, 1.165) is 31.2 Å². The molecule has 0 aromatic heterocycles. The van der Waals surface area contributed by atoms with Gasteiger partial charge in [0, 0.05) is 25.6 Å². The van der Waals surface area contributed by atoms with Crippen LogP contribution in [0.1, 0.15) is 41.6 Å². The third-order valence-electron chi connectivity index (χ3n) is 4.80. The molecule has 0 atom stereocenters. The normalized spacial score (nSPS) is 19.0. The molecule has 1 aliphatic carbocycles. The zero-order valence-electron chi connectivity index (χ0n) is 16.1. The van der Waals surface area contributed by atoms with Crippen LogP contribution in [0.5, 0.6) is 0 Å². The van der Waals surface area contributed by atoms with E-state index in [1.54, 1.807) is 19.2 Å². The first-order chi connectivity index (χ1) is 13.5. The van der Waals surface area contributed by atoms with Crippen LogP contribution >= 0.6 is 0 Å². The van der Waals surface area contributed by atoms with Crippen LogP contribution in [-0.4, -0.2) is 55.9 Å². The molecular formula is C20H28N2O6. The molecule has 0 unspecified atom stereocenters. The Kier molecular flexibility index (Phi) is 8.90. The predicted molar refractivity (Wildman–Crippen MR) is 102 cm³/mol. The maximum absolute atomic E-state index is 12.4. The minimum atomic E-state index is -0.971. The first-order valence-corrected chi connectivity index (χ1v) is 9.45. The summed E-state index contributed by atoms with van der Waals surface area (Å²) in [6.07, 6.45) is 2.96. The van der Waals surface area contributed by atoms with Gasteiger partial charge in [-0.1, -0.05) is 12.1 Å². The van der Waals surface area contributed by atoms with E-state index in [9.17, 15) is 14.4 Å². The summed E-state index contributed by atoms with van der Waals surface area (Å²) in [5, 5.41) is 14.7. The number of carboxylic acids is 1. The second kappa shape index (κ2) is 11.4. The summed E-state index contributed by atoms with van der Waals surface area (Å²) < 4.78 is 10.0. The SMILES string of the molecule is COCCOCC(=O)NC1CCC(C(=O)NCc2ccc(C(=O)O)cc2)CC1. The molecular weight excluding hydrogens is 364 g/mol. The molecule has 8 heteroatoms. The number of rotatable bonds is 10. The molecule has 1 fully saturated rings. The van der Waals surface area contributed by atoms with Crippen LogP contribution in [0.4, 0.5) is 0 Å². The fraction of sp³-hybridized carbons (Fsp3) is 0.550. The van der Waals surface area contributed by atoms with Gasteiger partial charge in [-0.15, -0.1) is 0 Å². The highest BCUT2D eigenvalue weighted by molar-refractivity contribution is 5.87. The van der Waals surface area contributed by atoms with Gasteiger partial charge in [-0.25, -0.2) is 4.79 Å². The number of hydrogen-bond acceptors (Lipinski definition) is 5. The molecule has 0 bridgehead atoms. The molecule has 0 radical (unpaired) electrons. The van der Waals surface area contributed by atoms with Gasteiger partial charge in [0.1, 0.15) is 6.61 Å². The van der Waals surface area contributed by atoms with Crippen LogP contribution in [0.2, 0.25) is 0 Å². The van der Waals surface area contributed by atoms with Crippen LogP contribution in [0.15, 0.2) is 24.3 Å². The molecule has 1 aromatic rings. The number of nitrogens with one attached hydrogen (secondary N) is 2. The van der Waals surface area contributed by atoms with Crippen molar-refractivity contribution in [2.24, 2.45) is 5.92 Å². The van der Waals surface area contributed by atoms with Gasteiger partial charge < -0.3 is 25.2 Å². The average Bonchev–Trinajstić information content (AvgIpc) is 2.70. The summed E-state index contributed by atoms with van der Waals surface area (Å²) in [6, 6.07) is 6.52. The Hall–Kier alpha value is -2.45. The second-order valence-corrected chi connectivity index (χ2v) is 6.88. The summed E-state index contributed by atoms with van der Waals surface area (Å²) in [5.74, 6) is -1.19. The zero-order chi connectivity index (χ0) is 20.4. The maximum atomic E-state index is 12.4. The van der Waals surface area contributed by atoms with Gasteiger partial charge >= 0.3 is 5.97 Å². The average molecular weight is 392 g/mol. The Morgan fingerprint density at radius 2 is 1.75 bits per heavy atom. The van der Waals surface area contributed by atoms with E-state index in [2.05, 4.69) is 10.6 Å². The number of carboxylic acid groups (broad SMARTS) is 1. The molecule has 1 aliphatic rings. The molecule has 0 heterocycles. The third-order valence-corrected chi connectivity index (χ3v) is 4.80. The highest BCUT2D eigenvalue weighted by atomic mass is 16.5. The van der Waals surface area contributed by atoms with Crippen LogP contribution in [-0.2, 0) is 25.6 Å². The smallest absolute Gasteiger partial charge is 0.335 e. The second-order valence-electron chi connectivity index (χ2n) is 6.88. The topological polar surface area (TPSA) is 114 Å². The number of benzene rings is 1. The van der Waals surface area contributed by atoms with Crippen molar-refractivity contribution in [1.82, 2.24) is 10.6 Å². The quantitative estimate of drug-likeness (QED) is 0.518. The van der Waals surface area contributed by atoms with Gasteiger partial charge in [-0.2, -0.15) is 0 Å². The summed E-state index contributed by atoms with van der Waals surface area (Å²) in [5.41, 5.74) is 1.08. The van der Waals surface area contributed by atoms with Gasteiger partial charge in [-0.3, -0.25) is 9.59 Å². The molecule has 3 N–H and O–H groups in total. The van der Waals surface area contributed by atoms with E-state index in [0.29, 0.717) is 19.8 Å². The van der Waals surface area contributed by atoms with Gasteiger partial charge in [0.15, 0.2) is 0 Å². The van der Waals surface area contributed by atoms with Crippen LogP contribution in [0, 0.1) is 5.92 Å². The summed E-state index contributed by atoms with van der Waals surface area (Å²) >= 11 is 0. The van der Waals surface area contributed by atoms with Gasteiger partial charge in [0.2, 0.25) is 11.8 Å². The van der Waals surface area contributed by atoms with Crippen molar-refractivity contribution in [2.75, 3.05) is 26.9 Å². The monoisotopic (exact) mass is 392 g/mol. The number of methoxy groups -OCH3 is 1. The molecule has 2 amide bonds. The Labute approximate surface area is 164 Å². The Morgan fingerprint density at radius 3 is 2.36 bits per heavy atom. The number of carbonyl (C=O) groups excluding carboxylic acids is 2. The van der Waals surface area contributed by atoms with Gasteiger partial charge in [-0.05, 0) is 43.4 Å². The summed E-state index contributed by atoms with van der Waals surface area (Å²) in [7, 11) is 1.58. The van der Waals surface area contributed by atoms with Crippen molar-refractivity contribution in [3.05, 3.63) is 35.4 Å². The van der Waals surface area contributed by atoms with Crippen LogP contribution in [0.3, 0.4) is 0 Å². The van der Waals surface area contributed by atoms with Crippen molar-refractivity contribution in [2.45, 2.75) is 38.3 Å². The molecule has 0 spiro atoms. The first kappa shape index (κ1) is 21.8. The molecule has 0 aliphatic heterocycles. The molecule has 1 aromatic carbocycles. The van der Waals surface area contributed by atoms with Crippen molar-refractivity contribution >= 4 is 17.8 Å². The zero-order valence-corrected chi connectivity index (χ0v) is 16.1. The van der Waals surface area contributed by atoms with Crippen molar-refractivity contribution < 1.29 is 29.0 Å². The standard InChI is InChI=1S/C20H28N2O6/c1-27-10-11-28-13-18(23)22-17-8-6-15(7-9-17)19(24)21-12-14-2-4-16(5-3-14)20(25)26/h2-5,15,17H,6-13H2,1H3,(H,21,24)(H,22,23)(H,25,26). The fourth-order valence-corrected chi connectivity index (χ4v) is 3.18. The van der Waals surface area contributed by atoms with Crippen molar-refractivity contribution in [1.29, 1.82) is 0 Å². The lowest BCUT2D eigenvalue weighted by molar-refractivity contribution is -0.127. The lowest BCUT2D eigenvalue weighted by Crippen LogP contribution is -2.42. The summed E-state index contributed by atoms with van der Waals surface area (Å²) in [4.78, 5) is 35.0. The molecule has 0 saturated heterocycles.